The number of carbonyl (C=O) groups is 1. The van der Waals surface area contributed by atoms with Crippen LogP contribution in [0.15, 0.2) is 42.0 Å². The summed E-state index contributed by atoms with van der Waals surface area (Å²) in [4.78, 5) is 12.6. The van der Waals surface area contributed by atoms with E-state index in [0.717, 1.165) is 0 Å². The van der Waals surface area contributed by atoms with Gasteiger partial charge in [-0.3, -0.25) is 4.79 Å². The van der Waals surface area contributed by atoms with Gasteiger partial charge in [0, 0.05) is 11.1 Å². The first-order valence-corrected chi connectivity index (χ1v) is 7.69. The van der Waals surface area contributed by atoms with Gasteiger partial charge in [-0.05, 0) is 42.5 Å². The summed E-state index contributed by atoms with van der Waals surface area (Å²) in [5.41, 5.74) is 0.891. The number of carbonyl (C=O) groups excluding carboxylic acids is 1. The summed E-state index contributed by atoms with van der Waals surface area (Å²) in [6, 6.07) is 11.9. The van der Waals surface area contributed by atoms with Crippen LogP contribution in [-0.2, 0) is 0 Å². The molecule has 0 spiro atoms. The first-order chi connectivity index (χ1) is 12.6. The third-order valence-corrected chi connectivity index (χ3v) is 3.75. The van der Waals surface area contributed by atoms with Crippen molar-refractivity contribution >= 4 is 11.9 Å². The molecule has 0 aromatic heterocycles. The van der Waals surface area contributed by atoms with Crippen molar-refractivity contribution in [3.8, 4) is 29.1 Å². The number of hydrogen-bond donors (Lipinski definition) is 0. The zero-order chi connectivity index (χ0) is 19.1. The first-order valence-electron chi connectivity index (χ1n) is 7.69. The van der Waals surface area contributed by atoms with Crippen molar-refractivity contribution in [3.05, 3.63) is 53.1 Å². The van der Waals surface area contributed by atoms with Gasteiger partial charge in [0.05, 0.1) is 28.4 Å². The molecule has 0 amide bonds. The highest BCUT2D eigenvalue weighted by Gasteiger charge is 2.18. The molecular weight excluding hydrogens is 334 g/mol. The van der Waals surface area contributed by atoms with Crippen LogP contribution >= 0.6 is 0 Å². The third kappa shape index (κ3) is 3.78. The number of nitriles is 1. The Labute approximate surface area is 152 Å². The zero-order valence-corrected chi connectivity index (χ0v) is 15.0. The Morgan fingerprint density at radius 2 is 1.54 bits per heavy atom. The minimum atomic E-state index is -0.396. The largest absolute Gasteiger partial charge is 0.497 e. The van der Waals surface area contributed by atoms with E-state index in [4.69, 9.17) is 18.9 Å². The normalized spacial score (nSPS) is 10.7. The number of hydrogen-bond acceptors (Lipinski definition) is 6. The van der Waals surface area contributed by atoms with Gasteiger partial charge in [0.15, 0.2) is 11.5 Å². The van der Waals surface area contributed by atoms with E-state index >= 15 is 0 Å². The van der Waals surface area contributed by atoms with Crippen LogP contribution in [0.4, 0.5) is 0 Å². The molecule has 2 rings (SSSR count). The number of benzene rings is 2. The molecule has 0 aliphatic rings. The van der Waals surface area contributed by atoms with Crippen LogP contribution in [0.5, 0.6) is 23.0 Å². The molecule has 0 aliphatic heterocycles. The first kappa shape index (κ1) is 18.9. The van der Waals surface area contributed by atoms with Crippen molar-refractivity contribution in [2.45, 2.75) is 0 Å². The Bertz CT molecular complexity index is 863. The summed E-state index contributed by atoms with van der Waals surface area (Å²) in [6.07, 6.45) is 1.47. The summed E-state index contributed by atoms with van der Waals surface area (Å²) >= 11 is 0. The molecule has 2 aromatic carbocycles. The van der Waals surface area contributed by atoms with E-state index in [1.807, 2.05) is 6.07 Å². The molecule has 26 heavy (non-hydrogen) atoms. The number of ether oxygens (including phenoxy) is 4. The van der Waals surface area contributed by atoms with Crippen LogP contribution in [0.1, 0.15) is 15.9 Å². The molecular formula is C20H19NO5. The summed E-state index contributed by atoms with van der Waals surface area (Å²) in [6.45, 7) is 0. The lowest BCUT2D eigenvalue weighted by Gasteiger charge is -2.14. The zero-order valence-electron chi connectivity index (χ0n) is 15.0. The van der Waals surface area contributed by atoms with Crippen molar-refractivity contribution in [3.63, 3.8) is 0 Å². The molecule has 2 aromatic rings. The standard InChI is InChI=1S/C20H19NO5/c1-23-16-8-5-13(6-9-16)18(22)15(12-21)11-14-7-10-17(24-2)20(26-4)19(14)25-3/h5-11H,1-4H3/b15-11+. The van der Waals surface area contributed by atoms with E-state index in [-0.39, 0.29) is 5.57 Å². The predicted octanol–water partition coefficient (Wildman–Crippen LogP) is 3.51. The fourth-order valence-corrected chi connectivity index (χ4v) is 2.44. The van der Waals surface area contributed by atoms with Gasteiger partial charge in [-0.15, -0.1) is 0 Å². The van der Waals surface area contributed by atoms with Gasteiger partial charge >= 0.3 is 0 Å². The van der Waals surface area contributed by atoms with Crippen LogP contribution in [-0.4, -0.2) is 34.2 Å². The molecule has 0 radical (unpaired) electrons. The lowest BCUT2D eigenvalue weighted by Crippen LogP contribution is -2.03. The quantitative estimate of drug-likeness (QED) is 0.431. The monoisotopic (exact) mass is 353 g/mol. The van der Waals surface area contributed by atoms with E-state index in [1.165, 1.54) is 27.4 Å². The highest BCUT2D eigenvalue weighted by Crippen LogP contribution is 2.40. The van der Waals surface area contributed by atoms with Gasteiger partial charge in [0.2, 0.25) is 11.5 Å². The van der Waals surface area contributed by atoms with Crippen LogP contribution < -0.4 is 18.9 Å². The fourth-order valence-electron chi connectivity index (χ4n) is 2.44. The van der Waals surface area contributed by atoms with E-state index in [9.17, 15) is 10.1 Å². The maximum absolute atomic E-state index is 12.6. The number of rotatable bonds is 7. The minimum Gasteiger partial charge on any atom is -0.497 e. The van der Waals surface area contributed by atoms with Crippen LogP contribution in [0, 0.1) is 11.3 Å². The second kappa shape index (κ2) is 8.58. The molecule has 6 nitrogen and oxygen atoms in total. The van der Waals surface area contributed by atoms with Crippen molar-refractivity contribution in [2.75, 3.05) is 28.4 Å². The van der Waals surface area contributed by atoms with Gasteiger partial charge in [-0.25, -0.2) is 0 Å². The second-order valence-electron chi connectivity index (χ2n) is 5.15. The molecule has 0 N–H and O–H groups in total. The van der Waals surface area contributed by atoms with Crippen LogP contribution in [0.3, 0.4) is 0 Å². The van der Waals surface area contributed by atoms with Crippen LogP contribution in [0.25, 0.3) is 6.08 Å². The van der Waals surface area contributed by atoms with Gasteiger partial charge in [-0.2, -0.15) is 5.26 Å². The molecule has 0 unspecified atom stereocenters. The molecule has 0 fully saturated rings. The maximum atomic E-state index is 12.6. The van der Waals surface area contributed by atoms with Crippen molar-refractivity contribution in [1.82, 2.24) is 0 Å². The van der Waals surface area contributed by atoms with E-state index in [0.29, 0.717) is 34.1 Å². The number of nitrogens with zero attached hydrogens (tertiary/aromatic N) is 1. The molecule has 0 saturated carbocycles. The van der Waals surface area contributed by atoms with Gasteiger partial charge in [-0.1, -0.05) is 0 Å². The summed E-state index contributed by atoms with van der Waals surface area (Å²) in [7, 11) is 6.02. The summed E-state index contributed by atoms with van der Waals surface area (Å²) in [5, 5.41) is 9.45. The Kier molecular flexibility index (Phi) is 6.23. The molecule has 0 bridgehead atoms. The van der Waals surface area contributed by atoms with Gasteiger partial charge < -0.3 is 18.9 Å². The Balaban J connectivity index is 2.48. The lowest BCUT2D eigenvalue weighted by molar-refractivity contribution is 0.104. The summed E-state index contributed by atoms with van der Waals surface area (Å²) < 4.78 is 21.0. The topological polar surface area (TPSA) is 77.8 Å². The molecule has 0 saturated heterocycles. The van der Waals surface area contributed by atoms with Gasteiger partial charge in [0.25, 0.3) is 0 Å². The smallest absolute Gasteiger partial charge is 0.203 e. The van der Waals surface area contributed by atoms with Gasteiger partial charge in [0.1, 0.15) is 17.4 Å². The van der Waals surface area contributed by atoms with Crippen molar-refractivity contribution < 1.29 is 23.7 Å². The van der Waals surface area contributed by atoms with Crippen molar-refractivity contribution in [2.24, 2.45) is 0 Å². The maximum Gasteiger partial charge on any atom is 0.203 e. The number of allylic oxidation sites excluding steroid dienone is 1. The second-order valence-corrected chi connectivity index (χ2v) is 5.15. The number of methoxy groups -OCH3 is 4. The van der Waals surface area contributed by atoms with E-state index < -0.39 is 5.78 Å². The molecule has 0 heterocycles. The molecule has 0 aliphatic carbocycles. The fraction of sp³-hybridized carbons (Fsp3) is 0.200. The lowest BCUT2D eigenvalue weighted by atomic mass is 10.0. The number of Topliss-reactive ketones (excluding diaryl/α,β-unsaturated/α-hetero) is 1. The highest BCUT2D eigenvalue weighted by atomic mass is 16.5. The molecule has 6 heteroatoms. The average Bonchev–Trinajstić information content (AvgIpc) is 2.70. The van der Waals surface area contributed by atoms with E-state index in [2.05, 4.69) is 0 Å². The average molecular weight is 353 g/mol. The Morgan fingerprint density at radius 1 is 0.885 bits per heavy atom. The highest BCUT2D eigenvalue weighted by molar-refractivity contribution is 6.14. The third-order valence-electron chi connectivity index (χ3n) is 3.75. The summed E-state index contributed by atoms with van der Waals surface area (Å²) in [5.74, 6) is 1.49. The SMILES string of the molecule is COc1ccc(C(=O)/C(C#N)=C/c2ccc(OC)c(OC)c2OC)cc1. The van der Waals surface area contributed by atoms with Crippen molar-refractivity contribution in [1.29, 1.82) is 5.26 Å². The molecule has 134 valence electrons. The minimum absolute atomic E-state index is 0.0271. The number of ketones is 1. The van der Waals surface area contributed by atoms with Crippen LogP contribution in [0.2, 0.25) is 0 Å². The predicted molar refractivity (Wildman–Crippen MR) is 97.0 cm³/mol. The Morgan fingerprint density at radius 3 is 2.04 bits per heavy atom. The van der Waals surface area contributed by atoms with E-state index in [1.54, 1.807) is 43.5 Å². The Hall–Kier alpha value is -3.46. The molecule has 0 atom stereocenters.